The van der Waals surface area contributed by atoms with Crippen LogP contribution in [0.15, 0.2) is 51.4 Å². The third-order valence-electron chi connectivity index (χ3n) is 3.55. The van der Waals surface area contributed by atoms with Gasteiger partial charge in [0.2, 0.25) is 0 Å². The molecule has 0 radical (unpaired) electrons. The molecule has 3 rings (SSSR count). The first-order chi connectivity index (χ1) is 9.74. The number of halogens is 2. The minimum Gasteiger partial charge on any atom is -0.493 e. The number of anilines is 1. The van der Waals surface area contributed by atoms with Crippen molar-refractivity contribution >= 4 is 37.5 Å². The maximum Gasteiger partial charge on any atom is 0.122 e. The molecule has 0 spiro atoms. The van der Waals surface area contributed by atoms with Gasteiger partial charge in [-0.3, -0.25) is 0 Å². The molecular weight excluding hydrogens is 382 g/mol. The summed E-state index contributed by atoms with van der Waals surface area (Å²) in [4.78, 5) is 0. The number of para-hydroxylation sites is 1. The summed E-state index contributed by atoms with van der Waals surface area (Å²) in [5, 5.41) is 3.53. The summed E-state index contributed by atoms with van der Waals surface area (Å²) in [5.74, 6) is 1.52. The lowest BCUT2D eigenvalue weighted by Gasteiger charge is -2.26. The molecule has 1 heterocycles. The van der Waals surface area contributed by atoms with Crippen molar-refractivity contribution in [3.63, 3.8) is 0 Å². The van der Waals surface area contributed by atoms with Crippen LogP contribution in [0.4, 0.5) is 5.69 Å². The van der Waals surface area contributed by atoms with E-state index in [2.05, 4.69) is 61.4 Å². The van der Waals surface area contributed by atoms with E-state index in [9.17, 15) is 0 Å². The second-order valence-electron chi connectivity index (χ2n) is 4.88. The summed E-state index contributed by atoms with van der Waals surface area (Å²) in [6.45, 7) is 1.71. The summed E-state index contributed by atoms with van der Waals surface area (Å²) in [7, 11) is 0. The van der Waals surface area contributed by atoms with Crippen LogP contribution in [0.25, 0.3) is 0 Å². The molecule has 4 heteroatoms. The van der Waals surface area contributed by atoms with Crippen molar-refractivity contribution in [2.45, 2.75) is 12.3 Å². The summed E-state index contributed by atoms with van der Waals surface area (Å²) in [6.07, 6.45) is 1.05. The average Bonchev–Trinajstić information content (AvgIpc) is 2.48. The van der Waals surface area contributed by atoms with Crippen LogP contribution in [-0.4, -0.2) is 13.2 Å². The summed E-state index contributed by atoms with van der Waals surface area (Å²) < 4.78 is 7.87. The second-order valence-corrected chi connectivity index (χ2v) is 6.65. The van der Waals surface area contributed by atoms with Crippen LogP contribution in [0, 0.1) is 0 Å². The fourth-order valence-electron chi connectivity index (χ4n) is 2.49. The van der Waals surface area contributed by atoms with Gasteiger partial charge in [-0.15, -0.1) is 0 Å². The van der Waals surface area contributed by atoms with Gasteiger partial charge in [-0.25, -0.2) is 0 Å². The Morgan fingerprint density at radius 2 is 2.00 bits per heavy atom. The Hall–Kier alpha value is -1.00. The minimum absolute atomic E-state index is 0.492. The Kier molecular flexibility index (Phi) is 4.32. The number of ether oxygens (including phenoxy) is 1. The van der Waals surface area contributed by atoms with Crippen LogP contribution < -0.4 is 10.1 Å². The molecule has 0 saturated carbocycles. The Bertz CT molecular complexity index is 615. The van der Waals surface area contributed by atoms with Gasteiger partial charge in [0, 0.05) is 27.1 Å². The zero-order valence-corrected chi connectivity index (χ0v) is 14.1. The Morgan fingerprint density at radius 3 is 2.90 bits per heavy atom. The van der Waals surface area contributed by atoms with E-state index in [4.69, 9.17) is 4.74 Å². The van der Waals surface area contributed by atoms with Crippen LogP contribution in [0.2, 0.25) is 0 Å². The topological polar surface area (TPSA) is 21.3 Å². The molecule has 1 aliphatic rings. The van der Waals surface area contributed by atoms with Gasteiger partial charge in [0.05, 0.1) is 6.61 Å². The molecule has 20 heavy (non-hydrogen) atoms. The molecule has 0 fully saturated rings. The van der Waals surface area contributed by atoms with Gasteiger partial charge in [0.15, 0.2) is 0 Å². The quantitative estimate of drug-likeness (QED) is 0.770. The smallest absolute Gasteiger partial charge is 0.122 e. The molecule has 0 bridgehead atoms. The van der Waals surface area contributed by atoms with Crippen molar-refractivity contribution in [3.8, 4) is 5.75 Å². The molecule has 2 aromatic carbocycles. The van der Waals surface area contributed by atoms with Crippen molar-refractivity contribution < 1.29 is 4.74 Å². The normalized spacial score (nSPS) is 17.2. The highest BCUT2D eigenvalue weighted by molar-refractivity contribution is 9.11. The molecule has 0 aromatic heterocycles. The SMILES string of the molecule is Brc1ccc(Br)c(NCC2CCOc3ccccc32)c1. The zero-order valence-electron chi connectivity index (χ0n) is 10.9. The third-order valence-corrected chi connectivity index (χ3v) is 4.73. The lowest BCUT2D eigenvalue weighted by Crippen LogP contribution is -2.20. The number of hydrogen-bond acceptors (Lipinski definition) is 2. The summed E-state index contributed by atoms with van der Waals surface area (Å²) >= 11 is 7.09. The Balaban J connectivity index is 1.75. The van der Waals surface area contributed by atoms with Crippen molar-refractivity contribution in [1.82, 2.24) is 0 Å². The molecule has 0 aliphatic carbocycles. The summed E-state index contributed by atoms with van der Waals surface area (Å²) in [5.41, 5.74) is 2.42. The molecule has 2 nitrogen and oxygen atoms in total. The monoisotopic (exact) mass is 395 g/mol. The standard InChI is InChI=1S/C16H15Br2NO/c17-12-5-6-14(18)15(9-12)19-10-11-7-8-20-16-4-2-1-3-13(11)16/h1-6,9,11,19H,7-8,10H2. The number of fused-ring (bicyclic) bond motifs is 1. The Morgan fingerprint density at radius 1 is 1.15 bits per heavy atom. The zero-order chi connectivity index (χ0) is 13.9. The molecule has 1 unspecified atom stereocenters. The van der Waals surface area contributed by atoms with Gasteiger partial charge in [-0.2, -0.15) is 0 Å². The van der Waals surface area contributed by atoms with Crippen molar-refractivity contribution in [3.05, 3.63) is 57.0 Å². The van der Waals surface area contributed by atoms with E-state index in [1.165, 1.54) is 5.56 Å². The average molecular weight is 397 g/mol. The van der Waals surface area contributed by atoms with Gasteiger partial charge in [0.25, 0.3) is 0 Å². The number of benzene rings is 2. The largest absolute Gasteiger partial charge is 0.493 e. The van der Waals surface area contributed by atoms with E-state index in [0.717, 1.165) is 40.0 Å². The Labute approximate surface area is 135 Å². The van der Waals surface area contributed by atoms with Gasteiger partial charge in [0.1, 0.15) is 5.75 Å². The van der Waals surface area contributed by atoms with Crippen LogP contribution in [0.3, 0.4) is 0 Å². The predicted molar refractivity (Wildman–Crippen MR) is 89.6 cm³/mol. The molecule has 0 saturated heterocycles. The minimum atomic E-state index is 0.492. The molecule has 1 aliphatic heterocycles. The van der Waals surface area contributed by atoms with Crippen molar-refractivity contribution in [2.24, 2.45) is 0 Å². The molecule has 0 amide bonds. The fourth-order valence-corrected chi connectivity index (χ4v) is 3.24. The molecule has 2 aromatic rings. The predicted octanol–water partition coefficient (Wildman–Crippen LogP) is 5.19. The van der Waals surface area contributed by atoms with Crippen LogP contribution >= 0.6 is 31.9 Å². The number of rotatable bonds is 3. The van der Waals surface area contributed by atoms with Crippen LogP contribution in [0.1, 0.15) is 17.9 Å². The van der Waals surface area contributed by atoms with E-state index in [0.29, 0.717) is 5.92 Å². The maximum atomic E-state index is 5.70. The van der Waals surface area contributed by atoms with E-state index < -0.39 is 0 Å². The van der Waals surface area contributed by atoms with Gasteiger partial charge < -0.3 is 10.1 Å². The highest BCUT2D eigenvalue weighted by atomic mass is 79.9. The third kappa shape index (κ3) is 3.01. The first-order valence-corrected chi connectivity index (χ1v) is 8.23. The number of hydrogen-bond donors (Lipinski definition) is 1. The van der Waals surface area contributed by atoms with E-state index in [1.807, 2.05) is 18.2 Å². The van der Waals surface area contributed by atoms with Gasteiger partial charge >= 0.3 is 0 Å². The first-order valence-electron chi connectivity index (χ1n) is 6.64. The van der Waals surface area contributed by atoms with Crippen molar-refractivity contribution in [1.29, 1.82) is 0 Å². The van der Waals surface area contributed by atoms with Crippen molar-refractivity contribution in [2.75, 3.05) is 18.5 Å². The maximum absolute atomic E-state index is 5.70. The molecule has 104 valence electrons. The van der Waals surface area contributed by atoms with E-state index in [-0.39, 0.29) is 0 Å². The van der Waals surface area contributed by atoms with Crippen LogP contribution in [0.5, 0.6) is 5.75 Å². The highest BCUT2D eigenvalue weighted by Gasteiger charge is 2.20. The lowest BCUT2D eigenvalue weighted by atomic mass is 9.93. The van der Waals surface area contributed by atoms with Crippen LogP contribution in [-0.2, 0) is 0 Å². The molecule has 1 atom stereocenters. The number of nitrogens with one attached hydrogen (secondary N) is 1. The highest BCUT2D eigenvalue weighted by Crippen LogP contribution is 2.34. The van der Waals surface area contributed by atoms with Gasteiger partial charge in [-0.05, 0) is 52.2 Å². The summed E-state index contributed by atoms with van der Waals surface area (Å²) in [6, 6.07) is 14.5. The second kappa shape index (κ2) is 6.19. The van der Waals surface area contributed by atoms with E-state index in [1.54, 1.807) is 0 Å². The fraction of sp³-hybridized carbons (Fsp3) is 0.250. The molecular formula is C16H15Br2NO. The van der Waals surface area contributed by atoms with Gasteiger partial charge in [-0.1, -0.05) is 34.1 Å². The lowest BCUT2D eigenvalue weighted by molar-refractivity contribution is 0.270. The molecule has 1 N–H and O–H groups in total. The first kappa shape index (κ1) is 14.0. The van der Waals surface area contributed by atoms with E-state index >= 15 is 0 Å².